The summed E-state index contributed by atoms with van der Waals surface area (Å²) in [5.74, 6) is -0.954. The van der Waals surface area contributed by atoms with Gasteiger partial charge >= 0.3 is 0 Å². The molecule has 1 amide bonds. The van der Waals surface area contributed by atoms with Gasteiger partial charge in [-0.25, -0.2) is 14.4 Å². The quantitative estimate of drug-likeness (QED) is 0.525. The van der Waals surface area contributed by atoms with Crippen molar-refractivity contribution in [1.29, 1.82) is 0 Å². The SMILES string of the molecule is Cc1cn2cc(NC(=O)c3ncc(N4CCNC(C)C4)c4cn(C)nc34)cc(F)c2n1. The lowest BCUT2D eigenvalue weighted by Crippen LogP contribution is -2.49. The summed E-state index contributed by atoms with van der Waals surface area (Å²) in [5, 5.41) is 11.5. The molecule has 1 fully saturated rings. The number of hydrogen-bond donors (Lipinski definition) is 2. The normalized spacial score (nSPS) is 16.9. The Bertz CT molecular complexity index is 1310. The summed E-state index contributed by atoms with van der Waals surface area (Å²) in [6, 6.07) is 1.62. The molecule has 1 atom stereocenters. The number of rotatable bonds is 3. The second-order valence-corrected chi connectivity index (χ2v) is 8.00. The van der Waals surface area contributed by atoms with E-state index in [1.807, 2.05) is 13.2 Å². The summed E-state index contributed by atoms with van der Waals surface area (Å²) in [7, 11) is 1.82. The van der Waals surface area contributed by atoms with Crippen LogP contribution in [0, 0.1) is 12.7 Å². The van der Waals surface area contributed by atoms with Crippen LogP contribution in [0.3, 0.4) is 0 Å². The third-order valence-electron chi connectivity index (χ3n) is 5.45. The van der Waals surface area contributed by atoms with Crippen molar-refractivity contribution in [1.82, 2.24) is 29.5 Å². The second-order valence-electron chi connectivity index (χ2n) is 8.00. The van der Waals surface area contributed by atoms with Gasteiger partial charge in [-0.05, 0) is 13.8 Å². The number of piperazine rings is 1. The lowest BCUT2D eigenvalue weighted by molar-refractivity contribution is 0.102. The zero-order valence-corrected chi connectivity index (χ0v) is 17.6. The maximum Gasteiger partial charge on any atom is 0.276 e. The van der Waals surface area contributed by atoms with Crippen molar-refractivity contribution in [3.8, 4) is 0 Å². The Labute approximate surface area is 177 Å². The number of hydrogen-bond acceptors (Lipinski definition) is 6. The standard InChI is InChI=1S/C21H23FN8O/c1-12-8-29(5-4-23-12)17-7-24-19(18-15(17)11-28(3)27-18)21(31)26-14-6-16(22)20-25-13(2)9-30(20)10-14/h6-7,9-12,23H,4-5,8H2,1-3H3,(H,26,31). The zero-order chi connectivity index (χ0) is 21.7. The van der Waals surface area contributed by atoms with E-state index in [9.17, 15) is 9.18 Å². The topological polar surface area (TPSA) is 92.4 Å². The Morgan fingerprint density at radius 3 is 2.97 bits per heavy atom. The van der Waals surface area contributed by atoms with Gasteiger partial charge in [0.1, 0.15) is 5.52 Å². The third kappa shape index (κ3) is 3.48. The molecule has 0 aromatic carbocycles. The lowest BCUT2D eigenvalue weighted by Gasteiger charge is -2.33. The van der Waals surface area contributed by atoms with Gasteiger partial charge in [-0.15, -0.1) is 0 Å². The van der Waals surface area contributed by atoms with Gasteiger partial charge in [0, 0.05) is 62.8 Å². The Kier molecular flexibility index (Phi) is 4.58. The van der Waals surface area contributed by atoms with E-state index in [0.29, 0.717) is 22.9 Å². The first-order valence-electron chi connectivity index (χ1n) is 10.2. The Morgan fingerprint density at radius 2 is 2.16 bits per heavy atom. The van der Waals surface area contributed by atoms with Crippen molar-refractivity contribution in [2.24, 2.45) is 7.05 Å². The van der Waals surface area contributed by atoms with Crippen LogP contribution in [0.5, 0.6) is 0 Å². The Morgan fingerprint density at radius 1 is 1.32 bits per heavy atom. The Hall–Kier alpha value is -3.53. The number of fused-ring (bicyclic) bond motifs is 2. The zero-order valence-electron chi connectivity index (χ0n) is 17.6. The first-order valence-corrected chi connectivity index (χ1v) is 10.2. The molecule has 4 aromatic rings. The summed E-state index contributed by atoms with van der Waals surface area (Å²) in [4.78, 5) is 23.9. The molecule has 1 unspecified atom stereocenters. The van der Waals surface area contributed by atoms with Gasteiger partial charge in [0.05, 0.1) is 23.3 Å². The average Bonchev–Trinajstić information content (AvgIpc) is 3.28. The summed E-state index contributed by atoms with van der Waals surface area (Å²) >= 11 is 0. The van der Waals surface area contributed by atoms with E-state index in [2.05, 4.69) is 37.5 Å². The fraction of sp³-hybridized carbons (Fsp3) is 0.333. The van der Waals surface area contributed by atoms with Gasteiger partial charge in [0.25, 0.3) is 5.91 Å². The molecule has 0 radical (unpaired) electrons. The van der Waals surface area contributed by atoms with E-state index in [1.54, 1.807) is 34.6 Å². The van der Waals surface area contributed by atoms with Crippen LogP contribution in [0.4, 0.5) is 15.8 Å². The molecular formula is C21H23FN8O. The van der Waals surface area contributed by atoms with Crippen molar-refractivity contribution in [3.63, 3.8) is 0 Å². The number of amides is 1. The van der Waals surface area contributed by atoms with Crippen molar-refractivity contribution in [2.75, 3.05) is 29.9 Å². The van der Waals surface area contributed by atoms with Gasteiger partial charge in [-0.1, -0.05) is 0 Å². The number of aromatic nitrogens is 5. The van der Waals surface area contributed by atoms with Gasteiger partial charge < -0.3 is 19.9 Å². The van der Waals surface area contributed by atoms with Crippen LogP contribution in [0.2, 0.25) is 0 Å². The first kappa shape index (κ1) is 19.4. The maximum atomic E-state index is 14.4. The number of halogens is 1. The molecule has 1 saturated heterocycles. The van der Waals surface area contributed by atoms with Gasteiger partial charge in [-0.2, -0.15) is 5.10 Å². The van der Waals surface area contributed by atoms with Gasteiger partial charge in [-0.3, -0.25) is 9.48 Å². The highest BCUT2D eigenvalue weighted by molar-refractivity contribution is 6.12. The van der Waals surface area contributed by atoms with Crippen LogP contribution in [-0.2, 0) is 7.05 Å². The minimum absolute atomic E-state index is 0.199. The predicted octanol–water partition coefficient (Wildman–Crippen LogP) is 2.11. The number of pyridine rings is 2. The van der Waals surface area contributed by atoms with Crippen LogP contribution in [0.15, 0.2) is 30.9 Å². The Balaban J connectivity index is 1.50. The fourth-order valence-corrected chi connectivity index (χ4v) is 4.11. The molecule has 0 saturated carbocycles. The highest BCUT2D eigenvalue weighted by atomic mass is 19.1. The van der Waals surface area contributed by atoms with Gasteiger partial charge in [0.15, 0.2) is 17.2 Å². The van der Waals surface area contributed by atoms with Crippen molar-refractivity contribution in [3.05, 3.63) is 48.1 Å². The average molecular weight is 422 g/mol. The number of anilines is 2. The molecule has 160 valence electrons. The molecule has 5 rings (SSSR count). The smallest absolute Gasteiger partial charge is 0.276 e. The van der Waals surface area contributed by atoms with Crippen molar-refractivity contribution >= 4 is 33.8 Å². The van der Waals surface area contributed by atoms with Crippen molar-refractivity contribution < 1.29 is 9.18 Å². The molecule has 0 aliphatic carbocycles. The van der Waals surface area contributed by atoms with E-state index in [1.165, 1.54) is 6.07 Å². The molecule has 10 heteroatoms. The minimum atomic E-state index is -0.509. The molecule has 1 aliphatic heterocycles. The monoisotopic (exact) mass is 422 g/mol. The van der Waals surface area contributed by atoms with Crippen LogP contribution in [-0.4, -0.2) is 55.7 Å². The number of carbonyl (C=O) groups excluding carboxylic acids is 1. The minimum Gasteiger partial charge on any atom is -0.367 e. The molecule has 31 heavy (non-hydrogen) atoms. The van der Waals surface area contributed by atoms with E-state index < -0.39 is 11.7 Å². The largest absolute Gasteiger partial charge is 0.367 e. The van der Waals surface area contributed by atoms with E-state index >= 15 is 0 Å². The summed E-state index contributed by atoms with van der Waals surface area (Å²) < 4.78 is 17.6. The molecule has 4 aromatic heterocycles. The van der Waals surface area contributed by atoms with E-state index in [-0.39, 0.29) is 11.3 Å². The van der Waals surface area contributed by atoms with E-state index in [0.717, 1.165) is 30.7 Å². The fourth-order valence-electron chi connectivity index (χ4n) is 4.11. The van der Waals surface area contributed by atoms with E-state index in [4.69, 9.17) is 0 Å². The molecule has 9 nitrogen and oxygen atoms in total. The highest BCUT2D eigenvalue weighted by Crippen LogP contribution is 2.28. The molecule has 1 aliphatic rings. The summed E-state index contributed by atoms with van der Waals surface area (Å²) in [6.45, 7) is 6.51. The van der Waals surface area contributed by atoms with Crippen molar-refractivity contribution in [2.45, 2.75) is 19.9 Å². The molecule has 2 N–H and O–H groups in total. The second kappa shape index (κ2) is 7.31. The predicted molar refractivity (Wildman–Crippen MR) is 116 cm³/mol. The third-order valence-corrected chi connectivity index (χ3v) is 5.45. The van der Waals surface area contributed by atoms with Crippen LogP contribution >= 0.6 is 0 Å². The molecule has 5 heterocycles. The van der Waals surface area contributed by atoms with Crippen LogP contribution in [0.25, 0.3) is 16.6 Å². The number of carbonyl (C=O) groups is 1. The lowest BCUT2D eigenvalue weighted by atomic mass is 10.1. The highest BCUT2D eigenvalue weighted by Gasteiger charge is 2.23. The van der Waals surface area contributed by atoms with Crippen LogP contribution in [0.1, 0.15) is 23.1 Å². The number of aryl methyl sites for hydroxylation is 2. The first-order chi connectivity index (χ1) is 14.9. The van der Waals surface area contributed by atoms with Crippen LogP contribution < -0.4 is 15.5 Å². The van der Waals surface area contributed by atoms with Gasteiger partial charge in [0.2, 0.25) is 0 Å². The number of nitrogens with zero attached hydrogens (tertiary/aromatic N) is 6. The summed E-state index contributed by atoms with van der Waals surface area (Å²) in [5.41, 5.74) is 2.90. The molecule has 0 bridgehead atoms. The summed E-state index contributed by atoms with van der Waals surface area (Å²) in [6.07, 6.45) is 6.95. The molecule has 0 spiro atoms. The number of imidazole rings is 1. The maximum absolute atomic E-state index is 14.4. The number of nitrogens with one attached hydrogen (secondary N) is 2. The molecular weight excluding hydrogens is 399 g/mol.